The highest BCUT2D eigenvalue weighted by atomic mass is 32.1. The predicted octanol–water partition coefficient (Wildman–Crippen LogP) is 5.46. The van der Waals surface area contributed by atoms with Crippen LogP contribution in [0.4, 0.5) is 37.2 Å². The lowest BCUT2D eigenvalue weighted by atomic mass is 10.2. The Morgan fingerprint density at radius 1 is 0.971 bits per heavy atom. The summed E-state index contributed by atoms with van der Waals surface area (Å²) in [7, 11) is 0. The number of hydrogen-bond acceptors (Lipinski definition) is 6. The number of halogens is 6. The van der Waals surface area contributed by atoms with Crippen LogP contribution in [0, 0.1) is 0 Å². The van der Waals surface area contributed by atoms with Gasteiger partial charge in [0, 0.05) is 23.0 Å². The summed E-state index contributed by atoms with van der Waals surface area (Å²) in [5.74, 6) is -0.707. The molecule has 4 aromatic rings. The number of nitrogens with one attached hydrogen (secondary N) is 2. The molecule has 0 radical (unpaired) electrons. The van der Waals surface area contributed by atoms with Crippen molar-refractivity contribution in [2.75, 3.05) is 5.32 Å². The van der Waals surface area contributed by atoms with Gasteiger partial charge in [-0.2, -0.15) is 26.3 Å². The molecule has 1 atom stereocenters. The molecule has 3 aromatic heterocycles. The third kappa shape index (κ3) is 4.95. The van der Waals surface area contributed by atoms with Crippen molar-refractivity contribution in [1.29, 1.82) is 0 Å². The highest BCUT2D eigenvalue weighted by molar-refractivity contribution is 7.15. The fourth-order valence-electron chi connectivity index (χ4n) is 2.97. The number of hydrogen-bond donors (Lipinski definition) is 2. The lowest BCUT2D eigenvalue weighted by Gasteiger charge is -2.12. The lowest BCUT2D eigenvalue weighted by Crippen LogP contribution is -2.27. The van der Waals surface area contributed by atoms with E-state index in [2.05, 4.69) is 25.6 Å². The normalized spacial score (nSPS) is 13.1. The average molecular weight is 500 g/mol. The van der Waals surface area contributed by atoms with Gasteiger partial charge in [0.1, 0.15) is 11.4 Å². The Hall–Kier alpha value is -3.68. The van der Waals surface area contributed by atoms with Crippen LogP contribution in [0.2, 0.25) is 0 Å². The number of anilines is 2. The third-order valence-electron chi connectivity index (χ3n) is 4.68. The molecule has 0 aliphatic rings. The van der Waals surface area contributed by atoms with Crippen molar-refractivity contribution in [1.82, 2.24) is 24.7 Å². The summed E-state index contributed by atoms with van der Waals surface area (Å²) in [6, 6.07) is 3.84. The van der Waals surface area contributed by atoms with Crippen molar-refractivity contribution in [3.63, 3.8) is 0 Å². The van der Waals surface area contributed by atoms with Crippen LogP contribution < -0.4 is 10.6 Å². The summed E-state index contributed by atoms with van der Waals surface area (Å²) in [4.78, 5) is 24.8. The second-order valence-corrected chi connectivity index (χ2v) is 8.17. The maximum atomic E-state index is 13.1. The molecule has 0 saturated heterocycles. The first-order valence-corrected chi connectivity index (χ1v) is 10.3. The van der Waals surface area contributed by atoms with Gasteiger partial charge in [-0.3, -0.25) is 9.20 Å². The quantitative estimate of drug-likeness (QED) is 0.356. The molecule has 14 heteroatoms. The molecule has 7 nitrogen and oxygen atoms in total. The Bertz CT molecular complexity index is 1330. The average Bonchev–Trinajstić information content (AvgIpc) is 3.39. The Morgan fingerprint density at radius 3 is 2.32 bits per heavy atom. The van der Waals surface area contributed by atoms with Gasteiger partial charge < -0.3 is 10.6 Å². The molecule has 1 aromatic carbocycles. The maximum absolute atomic E-state index is 13.1. The minimum Gasteiger partial charge on any atom is -0.343 e. The van der Waals surface area contributed by atoms with Gasteiger partial charge in [-0.15, -0.1) is 0 Å². The first-order valence-electron chi connectivity index (χ1n) is 9.53. The van der Waals surface area contributed by atoms with E-state index in [9.17, 15) is 31.1 Å². The summed E-state index contributed by atoms with van der Waals surface area (Å²) in [5, 5.41) is 5.89. The highest BCUT2D eigenvalue weighted by Gasteiger charge is 2.35. The monoisotopic (exact) mass is 500 g/mol. The Labute approximate surface area is 191 Å². The van der Waals surface area contributed by atoms with Gasteiger partial charge in [-0.1, -0.05) is 11.3 Å². The fraction of sp³-hybridized carbons (Fsp3) is 0.200. The lowest BCUT2D eigenvalue weighted by molar-refractivity contribution is -0.141. The number of amides is 1. The van der Waals surface area contributed by atoms with Gasteiger partial charge >= 0.3 is 12.4 Å². The summed E-state index contributed by atoms with van der Waals surface area (Å²) in [6.45, 7) is 1.64. The van der Waals surface area contributed by atoms with Gasteiger partial charge in [-0.05, 0) is 31.2 Å². The fourth-order valence-corrected chi connectivity index (χ4v) is 3.81. The number of carbonyl (C=O) groups is 1. The van der Waals surface area contributed by atoms with Crippen molar-refractivity contribution < 1.29 is 31.1 Å². The Balaban J connectivity index is 1.44. The molecule has 0 fully saturated rings. The molecular formula is C20H14F6N6OS. The number of nitrogens with zero attached hydrogens (tertiary/aromatic N) is 4. The molecule has 4 rings (SSSR count). The number of imidazole rings is 1. The number of fused-ring (bicyclic) bond motifs is 1. The van der Waals surface area contributed by atoms with Crippen LogP contribution in [0.15, 0.2) is 49.1 Å². The van der Waals surface area contributed by atoms with Crippen molar-refractivity contribution >= 4 is 33.7 Å². The van der Waals surface area contributed by atoms with E-state index in [1.165, 1.54) is 18.3 Å². The van der Waals surface area contributed by atoms with Gasteiger partial charge in [0.25, 0.3) is 5.91 Å². The molecule has 0 aliphatic carbocycles. The minimum atomic E-state index is -4.65. The van der Waals surface area contributed by atoms with E-state index in [1.807, 2.05) is 0 Å². The second kappa shape index (κ2) is 8.59. The molecule has 2 N–H and O–H groups in total. The predicted molar refractivity (Wildman–Crippen MR) is 111 cm³/mol. The molecule has 1 unspecified atom stereocenters. The minimum absolute atomic E-state index is 0.0571. The summed E-state index contributed by atoms with van der Waals surface area (Å²) in [5.41, 5.74) is -1.72. The molecular weight excluding hydrogens is 486 g/mol. The SMILES string of the molecule is CC(NC(=O)c1cn2c(C(F)(F)F)cnc2cn1)c1cnc(Nc2ccc(C(F)(F)F)cc2)s1. The number of rotatable bonds is 5. The zero-order valence-electron chi connectivity index (χ0n) is 17.1. The van der Waals surface area contributed by atoms with Gasteiger partial charge in [0.2, 0.25) is 0 Å². The molecule has 0 spiro atoms. The molecule has 0 bridgehead atoms. The van der Waals surface area contributed by atoms with Crippen LogP contribution in [0.1, 0.15) is 39.6 Å². The summed E-state index contributed by atoms with van der Waals surface area (Å²) in [6.07, 6.45) is -4.95. The molecule has 178 valence electrons. The van der Waals surface area contributed by atoms with Gasteiger partial charge in [-0.25, -0.2) is 15.0 Å². The summed E-state index contributed by atoms with van der Waals surface area (Å²) < 4.78 is 78.1. The first kappa shape index (κ1) is 23.5. The Morgan fingerprint density at radius 2 is 1.68 bits per heavy atom. The van der Waals surface area contributed by atoms with E-state index in [1.54, 1.807) is 6.92 Å². The zero-order valence-corrected chi connectivity index (χ0v) is 17.9. The zero-order chi connectivity index (χ0) is 24.7. The van der Waals surface area contributed by atoms with E-state index in [4.69, 9.17) is 0 Å². The van der Waals surface area contributed by atoms with Crippen molar-refractivity contribution in [2.45, 2.75) is 25.3 Å². The first-order chi connectivity index (χ1) is 15.9. The third-order valence-corrected chi connectivity index (χ3v) is 5.78. The van der Waals surface area contributed by atoms with E-state index in [-0.39, 0.29) is 11.3 Å². The van der Waals surface area contributed by atoms with E-state index in [0.29, 0.717) is 21.9 Å². The number of alkyl halides is 6. The van der Waals surface area contributed by atoms with Crippen LogP contribution in [0.3, 0.4) is 0 Å². The standard InChI is InChI=1S/C20H14F6N6OS/c1-10(14-6-29-18(34-14)31-12-4-2-11(3-5-12)19(21,22)23)30-17(33)13-9-32-15(20(24,25)26)7-28-16(32)8-27-13/h2-10H,1H3,(H,29,31)(H,30,33). The van der Waals surface area contributed by atoms with Crippen LogP contribution in [0.25, 0.3) is 5.65 Å². The van der Waals surface area contributed by atoms with E-state index < -0.39 is 35.6 Å². The van der Waals surface area contributed by atoms with Crippen LogP contribution in [0.5, 0.6) is 0 Å². The second-order valence-electron chi connectivity index (χ2n) is 7.10. The molecule has 1 amide bonds. The van der Waals surface area contributed by atoms with Crippen molar-refractivity contribution in [3.8, 4) is 0 Å². The highest BCUT2D eigenvalue weighted by Crippen LogP contribution is 2.32. The van der Waals surface area contributed by atoms with Gasteiger partial charge in [0.05, 0.1) is 24.0 Å². The van der Waals surface area contributed by atoms with E-state index >= 15 is 0 Å². The van der Waals surface area contributed by atoms with E-state index in [0.717, 1.165) is 40.3 Å². The number of carbonyl (C=O) groups excluding carboxylic acids is 1. The maximum Gasteiger partial charge on any atom is 0.433 e. The molecule has 0 aliphatic heterocycles. The number of thiazole rings is 1. The van der Waals surface area contributed by atoms with Crippen molar-refractivity contribution in [3.05, 3.63) is 70.9 Å². The summed E-state index contributed by atoms with van der Waals surface area (Å²) >= 11 is 1.15. The molecule has 3 heterocycles. The molecule has 34 heavy (non-hydrogen) atoms. The topological polar surface area (TPSA) is 84.2 Å². The van der Waals surface area contributed by atoms with Crippen molar-refractivity contribution in [2.24, 2.45) is 0 Å². The van der Waals surface area contributed by atoms with Crippen LogP contribution in [-0.2, 0) is 12.4 Å². The number of aromatic nitrogens is 4. The smallest absolute Gasteiger partial charge is 0.343 e. The molecule has 0 saturated carbocycles. The largest absolute Gasteiger partial charge is 0.433 e. The van der Waals surface area contributed by atoms with Crippen LogP contribution >= 0.6 is 11.3 Å². The van der Waals surface area contributed by atoms with Gasteiger partial charge in [0.15, 0.2) is 10.8 Å². The van der Waals surface area contributed by atoms with Crippen LogP contribution in [-0.4, -0.2) is 25.3 Å². The number of benzene rings is 1. The Kier molecular flexibility index (Phi) is 5.93.